The lowest BCUT2D eigenvalue weighted by atomic mass is 10.1. The molecule has 0 fully saturated rings. The van der Waals surface area contributed by atoms with Crippen molar-refractivity contribution in [2.45, 2.75) is 25.9 Å². The third-order valence-corrected chi connectivity index (χ3v) is 5.03. The Morgan fingerprint density at radius 3 is 2.45 bits per heavy atom. The number of rotatable bonds is 9. The van der Waals surface area contributed by atoms with Crippen LogP contribution in [-0.4, -0.2) is 37.5 Å². The molecule has 0 unspecified atom stereocenters. The van der Waals surface area contributed by atoms with Crippen LogP contribution in [0.1, 0.15) is 30.9 Å². The molecule has 0 saturated carbocycles. The molecule has 0 N–H and O–H groups in total. The lowest BCUT2D eigenvalue weighted by molar-refractivity contribution is -0.149. The first-order chi connectivity index (χ1) is 14.0. The maximum absolute atomic E-state index is 12.3. The monoisotopic (exact) mass is 418 g/mol. The summed E-state index contributed by atoms with van der Waals surface area (Å²) in [5, 5.41) is 9.89. The maximum atomic E-state index is 12.3. The Kier molecular flexibility index (Phi) is 6.71. The fourth-order valence-electron chi connectivity index (χ4n) is 2.73. The summed E-state index contributed by atoms with van der Waals surface area (Å²) >= 11 is 1.50. The van der Waals surface area contributed by atoms with Crippen LogP contribution in [0.3, 0.4) is 0 Å². The predicted octanol–water partition coefficient (Wildman–Crippen LogP) is 4.06. The number of thiophene rings is 1. The number of nitrogens with zero attached hydrogens (tertiary/aromatic N) is 2. The Hall–Kier alpha value is -3.07. The number of aromatic nitrogens is 2. The van der Waals surface area contributed by atoms with Crippen LogP contribution in [0.4, 0.5) is 0 Å². The zero-order valence-electron chi connectivity index (χ0n) is 16.6. The van der Waals surface area contributed by atoms with Gasteiger partial charge in [-0.25, -0.2) is 0 Å². The van der Waals surface area contributed by atoms with Gasteiger partial charge in [0.2, 0.25) is 5.75 Å². The number of aryl methyl sites for hydroxylation is 1. The van der Waals surface area contributed by atoms with Crippen molar-refractivity contribution in [3.05, 3.63) is 41.1 Å². The Morgan fingerprint density at radius 2 is 1.86 bits per heavy atom. The highest BCUT2D eigenvalue weighted by Gasteiger charge is 2.20. The molecule has 2 aromatic heterocycles. The van der Waals surface area contributed by atoms with Crippen molar-refractivity contribution < 1.29 is 28.2 Å². The average Bonchev–Trinajstić information content (AvgIpc) is 3.42. The zero-order valence-corrected chi connectivity index (χ0v) is 17.4. The van der Waals surface area contributed by atoms with Crippen molar-refractivity contribution in [3.63, 3.8) is 0 Å². The molecule has 0 saturated heterocycles. The summed E-state index contributed by atoms with van der Waals surface area (Å²) in [6.45, 7) is 1.70. The predicted molar refractivity (Wildman–Crippen MR) is 107 cm³/mol. The Balaban J connectivity index is 1.60. The van der Waals surface area contributed by atoms with E-state index in [1.165, 1.54) is 11.3 Å². The van der Waals surface area contributed by atoms with Crippen LogP contribution in [0.2, 0.25) is 0 Å². The lowest BCUT2D eigenvalue weighted by Gasteiger charge is -2.14. The number of hydrogen-bond acceptors (Lipinski definition) is 9. The molecule has 3 aromatic rings. The molecule has 0 aliphatic carbocycles. The van der Waals surface area contributed by atoms with Gasteiger partial charge in [-0.05, 0) is 42.5 Å². The summed E-state index contributed by atoms with van der Waals surface area (Å²) in [4.78, 5) is 13.1. The van der Waals surface area contributed by atoms with E-state index in [1.54, 1.807) is 28.3 Å². The highest BCUT2D eigenvalue weighted by Crippen LogP contribution is 2.38. The molecule has 0 amide bonds. The standard InChI is InChI=1S/C20H22N2O6S/c1-12(19-21-22-20(28-19)16-6-5-9-29-16)27-17(23)8-7-13-10-14(24-2)18(26-4)15(11-13)25-3/h5-6,9-12H,7-8H2,1-4H3/t12-/m1/s1. The Bertz CT molecular complexity index is 929. The number of hydrogen-bond donors (Lipinski definition) is 0. The van der Waals surface area contributed by atoms with Gasteiger partial charge in [0.05, 0.1) is 26.2 Å². The molecule has 0 aliphatic rings. The van der Waals surface area contributed by atoms with Crippen LogP contribution in [0, 0.1) is 0 Å². The molecule has 29 heavy (non-hydrogen) atoms. The fraction of sp³-hybridized carbons (Fsp3) is 0.350. The highest BCUT2D eigenvalue weighted by molar-refractivity contribution is 7.13. The average molecular weight is 418 g/mol. The van der Waals surface area contributed by atoms with Gasteiger partial charge < -0.3 is 23.4 Å². The number of esters is 1. The Labute approximate surface area is 172 Å². The highest BCUT2D eigenvalue weighted by atomic mass is 32.1. The van der Waals surface area contributed by atoms with Crippen LogP contribution in [0.5, 0.6) is 17.2 Å². The molecular formula is C20H22N2O6S. The van der Waals surface area contributed by atoms with E-state index in [4.69, 9.17) is 23.4 Å². The lowest BCUT2D eigenvalue weighted by Crippen LogP contribution is -2.10. The van der Waals surface area contributed by atoms with Crippen LogP contribution in [-0.2, 0) is 16.0 Å². The number of methoxy groups -OCH3 is 3. The molecule has 9 heteroatoms. The van der Waals surface area contributed by atoms with E-state index in [0.29, 0.717) is 29.6 Å². The molecule has 3 rings (SSSR count). The minimum Gasteiger partial charge on any atom is -0.493 e. The van der Waals surface area contributed by atoms with Crippen LogP contribution >= 0.6 is 11.3 Å². The van der Waals surface area contributed by atoms with Crippen molar-refractivity contribution in [3.8, 4) is 28.0 Å². The van der Waals surface area contributed by atoms with E-state index in [9.17, 15) is 4.79 Å². The second-order valence-corrected chi connectivity index (χ2v) is 7.04. The fourth-order valence-corrected chi connectivity index (χ4v) is 3.38. The van der Waals surface area contributed by atoms with E-state index < -0.39 is 6.10 Å². The molecule has 8 nitrogen and oxygen atoms in total. The number of carbonyl (C=O) groups is 1. The van der Waals surface area contributed by atoms with Gasteiger partial charge in [0.15, 0.2) is 17.6 Å². The van der Waals surface area contributed by atoms with Crippen molar-refractivity contribution in [1.29, 1.82) is 0 Å². The van der Waals surface area contributed by atoms with E-state index in [-0.39, 0.29) is 18.3 Å². The van der Waals surface area contributed by atoms with Crippen molar-refractivity contribution in [1.82, 2.24) is 10.2 Å². The molecule has 0 bridgehead atoms. The largest absolute Gasteiger partial charge is 0.493 e. The van der Waals surface area contributed by atoms with Crippen molar-refractivity contribution in [2.24, 2.45) is 0 Å². The van der Waals surface area contributed by atoms with Gasteiger partial charge in [-0.2, -0.15) is 0 Å². The summed E-state index contributed by atoms with van der Waals surface area (Å²) in [5.41, 5.74) is 0.863. The molecular weight excluding hydrogens is 396 g/mol. The smallest absolute Gasteiger partial charge is 0.306 e. The van der Waals surface area contributed by atoms with Crippen molar-refractivity contribution in [2.75, 3.05) is 21.3 Å². The molecule has 154 valence electrons. The number of carbonyl (C=O) groups excluding carboxylic acids is 1. The maximum Gasteiger partial charge on any atom is 0.306 e. The summed E-state index contributed by atoms with van der Waals surface area (Å²) < 4.78 is 27.0. The summed E-state index contributed by atoms with van der Waals surface area (Å²) in [6.07, 6.45) is -0.00908. The molecule has 0 spiro atoms. The minimum atomic E-state index is -0.636. The quantitative estimate of drug-likeness (QED) is 0.480. The topological polar surface area (TPSA) is 92.9 Å². The number of benzene rings is 1. The van der Waals surface area contributed by atoms with E-state index in [1.807, 2.05) is 29.6 Å². The third kappa shape index (κ3) is 4.86. The first-order valence-corrected chi connectivity index (χ1v) is 9.79. The van der Waals surface area contributed by atoms with Crippen LogP contribution in [0.25, 0.3) is 10.8 Å². The van der Waals surface area contributed by atoms with E-state index in [0.717, 1.165) is 10.4 Å². The van der Waals surface area contributed by atoms with Gasteiger partial charge in [0, 0.05) is 6.42 Å². The molecule has 1 aromatic carbocycles. The van der Waals surface area contributed by atoms with Gasteiger partial charge in [0.25, 0.3) is 11.8 Å². The van der Waals surface area contributed by atoms with Gasteiger partial charge >= 0.3 is 5.97 Å². The SMILES string of the molecule is COc1cc(CCC(=O)O[C@H](C)c2nnc(-c3cccs3)o2)cc(OC)c1OC. The molecule has 2 heterocycles. The van der Waals surface area contributed by atoms with Gasteiger partial charge in [-0.15, -0.1) is 21.5 Å². The van der Waals surface area contributed by atoms with E-state index >= 15 is 0 Å². The first kappa shape index (κ1) is 20.7. The number of ether oxygens (including phenoxy) is 4. The molecule has 0 radical (unpaired) electrons. The van der Waals surface area contributed by atoms with Gasteiger partial charge in [0.1, 0.15) is 0 Å². The first-order valence-electron chi connectivity index (χ1n) is 8.91. The van der Waals surface area contributed by atoms with Crippen LogP contribution < -0.4 is 14.2 Å². The molecule has 1 atom stereocenters. The van der Waals surface area contributed by atoms with Crippen LogP contribution in [0.15, 0.2) is 34.1 Å². The normalized spacial score (nSPS) is 11.7. The molecule has 0 aliphatic heterocycles. The van der Waals surface area contributed by atoms with Gasteiger partial charge in [-0.3, -0.25) is 4.79 Å². The third-order valence-electron chi connectivity index (χ3n) is 4.17. The Morgan fingerprint density at radius 1 is 1.14 bits per heavy atom. The van der Waals surface area contributed by atoms with Crippen molar-refractivity contribution >= 4 is 17.3 Å². The second-order valence-electron chi connectivity index (χ2n) is 6.09. The van der Waals surface area contributed by atoms with Gasteiger partial charge in [-0.1, -0.05) is 6.07 Å². The summed E-state index contributed by atoms with van der Waals surface area (Å²) in [6, 6.07) is 7.40. The summed E-state index contributed by atoms with van der Waals surface area (Å²) in [7, 11) is 4.64. The minimum absolute atomic E-state index is 0.175. The summed E-state index contributed by atoms with van der Waals surface area (Å²) in [5.74, 6) is 1.88. The van der Waals surface area contributed by atoms with E-state index in [2.05, 4.69) is 10.2 Å². The zero-order chi connectivity index (χ0) is 20.8. The second kappa shape index (κ2) is 9.42.